The Kier molecular flexibility index (Phi) is 3.91. The van der Waals surface area contributed by atoms with Gasteiger partial charge in [0, 0.05) is 12.2 Å². The van der Waals surface area contributed by atoms with Crippen molar-refractivity contribution < 1.29 is 0 Å². The van der Waals surface area contributed by atoms with Gasteiger partial charge < -0.3 is 4.57 Å². The number of aromatic nitrogens is 3. The molecule has 0 aliphatic carbocycles. The molecular weight excluding hydrogens is 246 g/mol. The Hall–Kier alpha value is -1.09. The van der Waals surface area contributed by atoms with Crippen molar-refractivity contribution in [1.82, 2.24) is 14.5 Å². The largest absolute Gasteiger partial charge is 0.308 e. The molecule has 1 unspecified atom stereocenters. The van der Waals surface area contributed by atoms with Crippen molar-refractivity contribution in [2.45, 2.75) is 46.0 Å². The molecule has 1 atom stereocenters. The third-order valence-electron chi connectivity index (χ3n) is 3.49. The molecule has 98 valence electrons. The van der Waals surface area contributed by atoms with E-state index in [1.165, 1.54) is 0 Å². The highest BCUT2D eigenvalue weighted by molar-refractivity contribution is 6.16. The molecule has 0 spiro atoms. The number of rotatable bonds is 4. The zero-order valence-electron chi connectivity index (χ0n) is 11.4. The highest BCUT2D eigenvalue weighted by Crippen LogP contribution is 2.29. The highest BCUT2D eigenvalue weighted by atomic mass is 35.5. The second kappa shape index (κ2) is 5.27. The standard InChI is InChI=1S/C14H20ClN3/c1-5-11(9(2)3)18-12(8-15)17-13-10(4)6-7-16-14(13)18/h6-7,9,11H,5,8H2,1-4H3. The number of aryl methyl sites for hydroxylation is 1. The minimum Gasteiger partial charge on any atom is -0.308 e. The lowest BCUT2D eigenvalue weighted by Crippen LogP contribution is -2.17. The second-order valence-electron chi connectivity index (χ2n) is 5.05. The molecule has 2 heterocycles. The maximum Gasteiger partial charge on any atom is 0.160 e. The van der Waals surface area contributed by atoms with Gasteiger partial charge in [-0.2, -0.15) is 0 Å². The molecule has 0 aliphatic rings. The number of hydrogen-bond donors (Lipinski definition) is 0. The smallest absolute Gasteiger partial charge is 0.160 e. The predicted octanol–water partition coefficient (Wildman–Crippen LogP) is 4.09. The maximum absolute atomic E-state index is 6.05. The Morgan fingerprint density at radius 1 is 1.39 bits per heavy atom. The van der Waals surface area contributed by atoms with Gasteiger partial charge in [-0.1, -0.05) is 20.8 Å². The molecule has 0 aromatic carbocycles. The maximum atomic E-state index is 6.05. The molecule has 0 amide bonds. The molecule has 2 aromatic heterocycles. The van der Waals surface area contributed by atoms with Crippen LogP contribution in [-0.2, 0) is 5.88 Å². The SMILES string of the molecule is CCC(C(C)C)n1c(CCl)nc2c(C)ccnc21. The normalized spacial score (nSPS) is 13.4. The molecule has 0 aliphatic heterocycles. The van der Waals surface area contributed by atoms with Crippen molar-refractivity contribution in [3.8, 4) is 0 Å². The molecule has 0 saturated heterocycles. The molecular formula is C14H20ClN3. The Bertz CT molecular complexity index is 545. The van der Waals surface area contributed by atoms with Crippen LogP contribution < -0.4 is 0 Å². The summed E-state index contributed by atoms with van der Waals surface area (Å²) in [6, 6.07) is 2.40. The lowest BCUT2D eigenvalue weighted by molar-refractivity contribution is 0.365. The molecule has 0 radical (unpaired) electrons. The molecule has 0 N–H and O–H groups in total. The first kappa shape index (κ1) is 13.3. The van der Waals surface area contributed by atoms with E-state index < -0.39 is 0 Å². The lowest BCUT2D eigenvalue weighted by Gasteiger charge is -2.23. The van der Waals surface area contributed by atoms with Crippen LogP contribution in [0.1, 0.15) is 44.6 Å². The van der Waals surface area contributed by atoms with Gasteiger partial charge in [-0.25, -0.2) is 9.97 Å². The fourth-order valence-electron chi connectivity index (χ4n) is 2.55. The fraction of sp³-hybridized carbons (Fsp3) is 0.571. The molecule has 2 aromatic rings. The van der Waals surface area contributed by atoms with Crippen LogP contribution in [0.4, 0.5) is 0 Å². The van der Waals surface area contributed by atoms with Gasteiger partial charge in [0.05, 0.1) is 5.88 Å². The van der Waals surface area contributed by atoms with E-state index >= 15 is 0 Å². The average Bonchev–Trinajstić information content (AvgIpc) is 2.70. The van der Waals surface area contributed by atoms with Gasteiger partial charge in [-0.15, -0.1) is 11.6 Å². The molecule has 0 bridgehead atoms. The minimum atomic E-state index is 0.401. The molecule has 18 heavy (non-hydrogen) atoms. The second-order valence-corrected chi connectivity index (χ2v) is 5.32. The number of nitrogens with zero attached hydrogens (tertiary/aromatic N) is 3. The monoisotopic (exact) mass is 265 g/mol. The van der Waals surface area contributed by atoms with Gasteiger partial charge in [0.15, 0.2) is 5.65 Å². The van der Waals surface area contributed by atoms with Crippen LogP contribution in [-0.4, -0.2) is 14.5 Å². The number of fused-ring (bicyclic) bond motifs is 1. The number of alkyl halides is 1. The number of halogens is 1. The van der Waals surface area contributed by atoms with Crippen molar-refractivity contribution in [3.05, 3.63) is 23.7 Å². The van der Waals surface area contributed by atoms with Crippen molar-refractivity contribution in [2.75, 3.05) is 0 Å². The zero-order valence-corrected chi connectivity index (χ0v) is 12.2. The van der Waals surface area contributed by atoms with E-state index in [1.807, 2.05) is 12.3 Å². The van der Waals surface area contributed by atoms with Gasteiger partial charge in [-0.3, -0.25) is 0 Å². The summed E-state index contributed by atoms with van der Waals surface area (Å²) >= 11 is 6.05. The molecule has 0 saturated carbocycles. The van der Waals surface area contributed by atoms with Crippen LogP contribution in [0.3, 0.4) is 0 Å². The quantitative estimate of drug-likeness (QED) is 0.780. The van der Waals surface area contributed by atoms with Gasteiger partial charge >= 0.3 is 0 Å². The van der Waals surface area contributed by atoms with E-state index in [4.69, 9.17) is 11.6 Å². The van der Waals surface area contributed by atoms with Gasteiger partial charge in [0.1, 0.15) is 11.3 Å². The summed E-state index contributed by atoms with van der Waals surface area (Å²) in [6.07, 6.45) is 2.91. The third-order valence-corrected chi connectivity index (χ3v) is 3.73. The Morgan fingerprint density at radius 3 is 2.67 bits per heavy atom. The van der Waals surface area contributed by atoms with Crippen LogP contribution in [0.5, 0.6) is 0 Å². The average molecular weight is 266 g/mol. The Labute approximate surface area is 113 Å². The zero-order chi connectivity index (χ0) is 13.3. The van der Waals surface area contributed by atoms with Crippen molar-refractivity contribution in [2.24, 2.45) is 5.92 Å². The topological polar surface area (TPSA) is 30.7 Å². The summed E-state index contributed by atoms with van der Waals surface area (Å²) < 4.78 is 2.22. The van der Waals surface area contributed by atoms with Gasteiger partial charge in [-0.05, 0) is 30.9 Å². The van der Waals surface area contributed by atoms with E-state index in [2.05, 4.69) is 42.2 Å². The van der Waals surface area contributed by atoms with E-state index in [1.54, 1.807) is 0 Å². The Balaban J connectivity index is 2.70. The Morgan fingerprint density at radius 2 is 2.11 bits per heavy atom. The highest BCUT2D eigenvalue weighted by Gasteiger charge is 2.21. The minimum absolute atomic E-state index is 0.401. The lowest BCUT2D eigenvalue weighted by atomic mass is 10.0. The van der Waals surface area contributed by atoms with Crippen LogP contribution in [0.2, 0.25) is 0 Å². The van der Waals surface area contributed by atoms with Gasteiger partial charge in [0.25, 0.3) is 0 Å². The van der Waals surface area contributed by atoms with Crippen LogP contribution >= 0.6 is 11.6 Å². The molecule has 4 heteroatoms. The molecule has 2 rings (SSSR count). The van der Waals surface area contributed by atoms with E-state index in [-0.39, 0.29) is 0 Å². The van der Waals surface area contributed by atoms with Crippen molar-refractivity contribution in [3.63, 3.8) is 0 Å². The van der Waals surface area contributed by atoms with E-state index in [0.29, 0.717) is 17.8 Å². The van der Waals surface area contributed by atoms with Crippen LogP contribution in [0, 0.1) is 12.8 Å². The van der Waals surface area contributed by atoms with Crippen LogP contribution in [0.25, 0.3) is 11.2 Å². The van der Waals surface area contributed by atoms with Gasteiger partial charge in [0.2, 0.25) is 0 Å². The van der Waals surface area contributed by atoms with E-state index in [9.17, 15) is 0 Å². The van der Waals surface area contributed by atoms with E-state index in [0.717, 1.165) is 29.0 Å². The number of hydrogen-bond acceptors (Lipinski definition) is 2. The first-order chi connectivity index (χ1) is 8.60. The predicted molar refractivity (Wildman–Crippen MR) is 76.0 cm³/mol. The molecule has 0 fully saturated rings. The fourth-order valence-corrected chi connectivity index (χ4v) is 2.74. The van der Waals surface area contributed by atoms with Crippen LogP contribution in [0.15, 0.2) is 12.3 Å². The summed E-state index contributed by atoms with van der Waals surface area (Å²) in [6.45, 7) is 8.72. The number of imidazole rings is 1. The first-order valence-corrected chi connectivity index (χ1v) is 7.02. The summed E-state index contributed by atoms with van der Waals surface area (Å²) in [5.41, 5.74) is 3.10. The number of pyridine rings is 1. The van der Waals surface area contributed by atoms with Crippen molar-refractivity contribution >= 4 is 22.8 Å². The van der Waals surface area contributed by atoms with Crippen molar-refractivity contribution in [1.29, 1.82) is 0 Å². The third kappa shape index (κ3) is 2.12. The summed E-state index contributed by atoms with van der Waals surface area (Å²) in [5, 5.41) is 0. The summed E-state index contributed by atoms with van der Waals surface area (Å²) in [5.74, 6) is 1.89. The first-order valence-electron chi connectivity index (χ1n) is 6.48. The summed E-state index contributed by atoms with van der Waals surface area (Å²) in [7, 11) is 0. The summed E-state index contributed by atoms with van der Waals surface area (Å²) in [4.78, 5) is 9.15. The molecule has 3 nitrogen and oxygen atoms in total.